The van der Waals surface area contributed by atoms with E-state index in [2.05, 4.69) is 10.3 Å². The van der Waals surface area contributed by atoms with E-state index in [1.807, 2.05) is 0 Å². The van der Waals surface area contributed by atoms with E-state index in [4.69, 9.17) is 4.74 Å². The van der Waals surface area contributed by atoms with Crippen molar-refractivity contribution in [3.05, 3.63) is 18.7 Å². The molecule has 1 aromatic rings. The minimum atomic E-state index is -1.47. The van der Waals surface area contributed by atoms with E-state index in [1.54, 1.807) is 31.5 Å². The maximum atomic E-state index is 11.7. The number of ether oxygens (including phenoxy) is 1. The molecule has 0 aliphatic rings. The molecule has 7 heteroatoms. The van der Waals surface area contributed by atoms with Gasteiger partial charge in [-0.3, -0.25) is 0 Å². The number of hydrogen-bond acceptors (Lipinski definition) is 4. The molecule has 1 atom stereocenters. The largest absolute Gasteiger partial charge is 0.479 e. The van der Waals surface area contributed by atoms with Gasteiger partial charge >= 0.3 is 12.1 Å². The summed E-state index contributed by atoms with van der Waals surface area (Å²) in [6, 6.07) is 0. The van der Waals surface area contributed by atoms with Gasteiger partial charge in [0.15, 0.2) is 5.54 Å². The lowest BCUT2D eigenvalue weighted by molar-refractivity contribution is -0.144. The van der Waals surface area contributed by atoms with Crippen LogP contribution in [-0.4, -0.2) is 37.9 Å². The Labute approximate surface area is 111 Å². The van der Waals surface area contributed by atoms with Crippen molar-refractivity contribution in [3.63, 3.8) is 0 Å². The number of rotatable bonds is 4. The molecular formula is C12H19N3O4. The average molecular weight is 269 g/mol. The third kappa shape index (κ3) is 4.61. The highest BCUT2D eigenvalue weighted by Crippen LogP contribution is 2.12. The van der Waals surface area contributed by atoms with Crippen LogP contribution >= 0.6 is 0 Å². The number of alkyl carbamates (subject to hydrolysis) is 1. The summed E-state index contributed by atoms with van der Waals surface area (Å²) in [6.45, 7) is 6.60. The average Bonchev–Trinajstić information content (AvgIpc) is 2.66. The molecule has 1 aromatic heterocycles. The standard InChI is InChI=1S/C12H19N3O4/c1-11(2,3)19-10(18)14-12(4,9(16)17)7-15-6-5-13-8-15/h5-6,8H,7H2,1-4H3,(H,14,18)(H,16,17). The van der Waals surface area contributed by atoms with E-state index in [-0.39, 0.29) is 6.54 Å². The summed E-state index contributed by atoms with van der Waals surface area (Å²) in [4.78, 5) is 26.9. The number of aromatic nitrogens is 2. The second-order valence-electron chi connectivity index (χ2n) is 5.50. The zero-order valence-electron chi connectivity index (χ0n) is 11.5. The molecule has 0 spiro atoms. The van der Waals surface area contributed by atoms with Gasteiger partial charge in [0.1, 0.15) is 5.60 Å². The van der Waals surface area contributed by atoms with Crippen LogP contribution in [-0.2, 0) is 16.1 Å². The second-order valence-corrected chi connectivity index (χ2v) is 5.50. The van der Waals surface area contributed by atoms with E-state index >= 15 is 0 Å². The molecule has 1 unspecified atom stereocenters. The fourth-order valence-corrected chi connectivity index (χ4v) is 1.43. The van der Waals surface area contributed by atoms with Crippen LogP contribution in [0.15, 0.2) is 18.7 Å². The minimum Gasteiger partial charge on any atom is -0.479 e. The van der Waals surface area contributed by atoms with Crippen molar-refractivity contribution >= 4 is 12.1 Å². The summed E-state index contributed by atoms with van der Waals surface area (Å²) in [5, 5.41) is 11.7. The number of carboxylic acids is 1. The Bertz CT molecular complexity index is 450. The molecule has 106 valence electrons. The third-order valence-electron chi connectivity index (χ3n) is 2.31. The van der Waals surface area contributed by atoms with Crippen LogP contribution in [0.1, 0.15) is 27.7 Å². The summed E-state index contributed by atoms with van der Waals surface area (Å²) in [5.41, 5.74) is -2.15. The lowest BCUT2D eigenvalue weighted by Gasteiger charge is -2.28. The highest BCUT2D eigenvalue weighted by atomic mass is 16.6. The van der Waals surface area contributed by atoms with Crippen LogP contribution in [0.4, 0.5) is 4.79 Å². The molecule has 0 aromatic carbocycles. The van der Waals surface area contributed by atoms with Gasteiger partial charge in [0.05, 0.1) is 12.9 Å². The van der Waals surface area contributed by atoms with Crippen LogP contribution in [0.2, 0.25) is 0 Å². The first-order valence-electron chi connectivity index (χ1n) is 5.83. The molecule has 19 heavy (non-hydrogen) atoms. The monoisotopic (exact) mass is 269 g/mol. The first-order valence-corrected chi connectivity index (χ1v) is 5.83. The first kappa shape index (κ1) is 15.0. The molecule has 1 rings (SSSR count). The Kier molecular flexibility index (Phi) is 4.18. The number of carbonyl (C=O) groups excluding carboxylic acids is 1. The highest BCUT2D eigenvalue weighted by molar-refractivity contribution is 5.83. The van der Waals surface area contributed by atoms with Gasteiger partial charge in [0, 0.05) is 12.4 Å². The van der Waals surface area contributed by atoms with Gasteiger partial charge in [-0.1, -0.05) is 0 Å². The van der Waals surface area contributed by atoms with Gasteiger partial charge in [0.25, 0.3) is 0 Å². The topological polar surface area (TPSA) is 93.5 Å². The van der Waals surface area contributed by atoms with Crippen molar-refractivity contribution in [2.45, 2.75) is 45.4 Å². The number of aliphatic carboxylic acids is 1. The number of hydrogen-bond donors (Lipinski definition) is 2. The minimum absolute atomic E-state index is 0.0571. The van der Waals surface area contributed by atoms with E-state index in [1.165, 1.54) is 19.4 Å². The number of carboxylic acid groups (broad SMARTS) is 1. The SMILES string of the molecule is CC(C)(C)OC(=O)NC(C)(Cn1ccnc1)C(=O)O. The van der Waals surface area contributed by atoms with Crippen LogP contribution in [0.5, 0.6) is 0 Å². The van der Waals surface area contributed by atoms with E-state index in [0.717, 1.165) is 0 Å². The summed E-state index contributed by atoms with van der Waals surface area (Å²) < 4.78 is 6.64. The number of amides is 1. The van der Waals surface area contributed by atoms with E-state index in [0.29, 0.717) is 0 Å². The zero-order valence-corrected chi connectivity index (χ0v) is 11.5. The molecule has 2 N–H and O–H groups in total. The smallest absolute Gasteiger partial charge is 0.408 e. The normalized spacial score (nSPS) is 14.5. The molecule has 0 bridgehead atoms. The van der Waals surface area contributed by atoms with Gasteiger partial charge < -0.3 is 19.7 Å². The summed E-state index contributed by atoms with van der Waals surface area (Å²) >= 11 is 0. The van der Waals surface area contributed by atoms with Crippen molar-refractivity contribution in [2.24, 2.45) is 0 Å². The van der Waals surface area contributed by atoms with Gasteiger partial charge in [-0.2, -0.15) is 0 Å². The van der Waals surface area contributed by atoms with Crippen molar-refractivity contribution in [1.29, 1.82) is 0 Å². The molecule has 1 heterocycles. The maximum Gasteiger partial charge on any atom is 0.408 e. The van der Waals surface area contributed by atoms with Crippen molar-refractivity contribution in [2.75, 3.05) is 0 Å². The van der Waals surface area contributed by atoms with Gasteiger partial charge in [-0.25, -0.2) is 14.6 Å². The van der Waals surface area contributed by atoms with Crippen LogP contribution in [0.25, 0.3) is 0 Å². The summed E-state index contributed by atoms with van der Waals surface area (Å²) in [5.74, 6) is -1.15. The Hall–Kier alpha value is -2.05. The predicted octanol–water partition coefficient (Wildman–Crippen LogP) is 1.25. The number of imidazole rings is 1. The van der Waals surface area contributed by atoms with Crippen molar-refractivity contribution < 1.29 is 19.4 Å². The lowest BCUT2D eigenvalue weighted by Crippen LogP contribution is -2.55. The van der Waals surface area contributed by atoms with Gasteiger partial charge in [-0.05, 0) is 27.7 Å². The molecule has 0 fully saturated rings. The summed E-state index contributed by atoms with van der Waals surface area (Å²) in [6.07, 6.45) is 3.88. The molecule has 0 aliphatic heterocycles. The molecule has 0 saturated heterocycles. The Morgan fingerprint density at radius 1 is 1.37 bits per heavy atom. The molecule has 0 aliphatic carbocycles. The Morgan fingerprint density at radius 2 is 2.00 bits per heavy atom. The molecule has 7 nitrogen and oxygen atoms in total. The van der Waals surface area contributed by atoms with Crippen LogP contribution < -0.4 is 5.32 Å². The third-order valence-corrected chi connectivity index (χ3v) is 2.31. The van der Waals surface area contributed by atoms with Gasteiger partial charge in [-0.15, -0.1) is 0 Å². The highest BCUT2D eigenvalue weighted by Gasteiger charge is 2.36. The predicted molar refractivity (Wildman–Crippen MR) is 67.6 cm³/mol. The second kappa shape index (κ2) is 5.29. The molecule has 1 amide bonds. The number of nitrogens with one attached hydrogen (secondary N) is 1. The Balaban J connectivity index is 2.77. The fraction of sp³-hybridized carbons (Fsp3) is 0.583. The molecule has 0 radical (unpaired) electrons. The van der Waals surface area contributed by atoms with E-state index < -0.39 is 23.2 Å². The zero-order chi connectivity index (χ0) is 14.7. The quantitative estimate of drug-likeness (QED) is 0.858. The number of carbonyl (C=O) groups is 2. The maximum absolute atomic E-state index is 11.7. The van der Waals surface area contributed by atoms with E-state index in [9.17, 15) is 14.7 Å². The number of nitrogens with zero attached hydrogens (tertiary/aromatic N) is 2. The molecule has 0 saturated carbocycles. The first-order chi connectivity index (χ1) is 8.62. The molecular weight excluding hydrogens is 250 g/mol. The van der Waals surface area contributed by atoms with Crippen LogP contribution in [0, 0.1) is 0 Å². The van der Waals surface area contributed by atoms with Gasteiger partial charge in [0.2, 0.25) is 0 Å². The van der Waals surface area contributed by atoms with Crippen LogP contribution in [0.3, 0.4) is 0 Å². The van der Waals surface area contributed by atoms with Crippen molar-refractivity contribution in [3.8, 4) is 0 Å². The summed E-state index contributed by atoms with van der Waals surface area (Å²) in [7, 11) is 0. The fourth-order valence-electron chi connectivity index (χ4n) is 1.43. The Morgan fingerprint density at radius 3 is 2.42 bits per heavy atom. The lowest BCUT2D eigenvalue weighted by atomic mass is 10.0. The van der Waals surface area contributed by atoms with Crippen molar-refractivity contribution in [1.82, 2.24) is 14.9 Å².